The van der Waals surface area contributed by atoms with Crippen molar-refractivity contribution in [2.24, 2.45) is 5.73 Å². The minimum atomic E-state index is -0.564. The summed E-state index contributed by atoms with van der Waals surface area (Å²) in [6.07, 6.45) is -0.0165. The van der Waals surface area contributed by atoms with E-state index in [9.17, 15) is 10.1 Å². The normalized spacial score (nSPS) is 25.1. The maximum absolute atomic E-state index is 11.0. The average molecular weight is 321 g/mol. The SMILES string of the molecule is CCOC1C(N)CC1Oc1cc(Cl)c(Cl)cc1[N+](=O)[O-]. The Morgan fingerprint density at radius 3 is 2.65 bits per heavy atom. The first-order valence-corrected chi connectivity index (χ1v) is 6.87. The van der Waals surface area contributed by atoms with Crippen LogP contribution in [0, 0.1) is 10.1 Å². The third-order valence-corrected chi connectivity index (χ3v) is 3.85. The van der Waals surface area contributed by atoms with E-state index in [0.717, 1.165) is 0 Å². The Bertz CT molecular complexity index is 526. The summed E-state index contributed by atoms with van der Waals surface area (Å²) in [5, 5.41) is 11.3. The van der Waals surface area contributed by atoms with E-state index < -0.39 is 4.92 Å². The summed E-state index contributed by atoms with van der Waals surface area (Å²) in [6.45, 7) is 2.35. The molecule has 20 heavy (non-hydrogen) atoms. The maximum Gasteiger partial charge on any atom is 0.312 e. The predicted octanol–water partition coefficient (Wildman–Crippen LogP) is 2.79. The van der Waals surface area contributed by atoms with Crippen molar-refractivity contribution in [3.8, 4) is 5.75 Å². The molecule has 0 heterocycles. The molecule has 2 rings (SSSR count). The summed E-state index contributed by atoms with van der Waals surface area (Å²) in [6, 6.07) is 2.39. The van der Waals surface area contributed by atoms with E-state index in [0.29, 0.717) is 13.0 Å². The van der Waals surface area contributed by atoms with Gasteiger partial charge in [-0.05, 0) is 6.92 Å². The van der Waals surface area contributed by atoms with E-state index in [1.165, 1.54) is 12.1 Å². The van der Waals surface area contributed by atoms with Crippen LogP contribution in [0.5, 0.6) is 5.75 Å². The predicted molar refractivity (Wildman–Crippen MR) is 75.5 cm³/mol. The molecule has 1 aliphatic carbocycles. The Balaban J connectivity index is 2.21. The highest BCUT2D eigenvalue weighted by atomic mass is 35.5. The zero-order chi connectivity index (χ0) is 14.9. The summed E-state index contributed by atoms with van der Waals surface area (Å²) in [7, 11) is 0. The van der Waals surface area contributed by atoms with Crippen molar-refractivity contribution in [1.82, 2.24) is 0 Å². The summed E-state index contributed by atoms with van der Waals surface area (Å²) < 4.78 is 11.1. The molecular formula is C12H14Cl2N2O4. The second kappa shape index (κ2) is 6.13. The fourth-order valence-corrected chi connectivity index (χ4v) is 2.38. The van der Waals surface area contributed by atoms with Gasteiger partial charge in [0.25, 0.3) is 0 Å². The van der Waals surface area contributed by atoms with Gasteiger partial charge in [-0.3, -0.25) is 10.1 Å². The van der Waals surface area contributed by atoms with Crippen molar-refractivity contribution in [3.05, 3.63) is 32.3 Å². The van der Waals surface area contributed by atoms with Crippen LogP contribution in [0.1, 0.15) is 13.3 Å². The van der Waals surface area contributed by atoms with Gasteiger partial charge in [-0.2, -0.15) is 0 Å². The van der Waals surface area contributed by atoms with Crippen molar-refractivity contribution in [2.45, 2.75) is 31.6 Å². The third kappa shape index (κ3) is 2.98. The molecule has 2 N–H and O–H groups in total. The van der Waals surface area contributed by atoms with E-state index in [1.54, 1.807) is 0 Å². The smallest absolute Gasteiger partial charge is 0.312 e. The Kier molecular flexibility index (Phi) is 4.70. The second-order valence-electron chi connectivity index (χ2n) is 4.47. The summed E-state index contributed by atoms with van der Waals surface area (Å²) in [4.78, 5) is 10.4. The molecule has 1 aliphatic rings. The van der Waals surface area contributed by atoms with Crippen LogP contribution in [0.2, 0.25) is 10.0 Å². The lowest BCUT2D eigenvalue weighted by Gasteiger charge is -2.41. The first kappa shape index (κ1) is 15.3. The van der Waals surface area contributed by atoms with Crippen LogP contribution in [0.25, 0.3) is 0 Å². The van der Waals surface area contributed by atoms with Gasteiger partial charge in [0.1, 0.15) is 12.2 Å². The van der Waals surface area contributed by atoms with Gasteiger partial charge in [0.05, 0.1) is 15.0 Å². The van der Waals surface area contributed by atoms with Crippen molar-refractivity contribution >= 4 is 28.9 Å². The van der Waals surface area contributed by atoms with Crippen LogP contribution >= 0.6 is 23.2 Å². The molecule has 6 nitrogen and oxygen atoms in total. The van der Waals surface area contributed by atoms with Gasteiger partial charge in [-0.15, -0.1) is 0 Å². The van der Waals surface area contributed by atoms with Crippen molar-refractivity contribution in [2.75, 3.05) is 6.61 Å². The Labute approximate surface area is 125 Å². The molecule has 1 fully saturated rings. The number of nitrogens with two attached hydrogens (primary N) is 1. The topological polar surface area (TPSA) is 87.6 Å². The van der Waals surface area contributed by atoms with Crippen LogP contribution in [-0.4, -0.2) is 29.8 Å². The van der Waals surface area contributed by atoms with E-state index >= 15 is 0 Å². The molecule has 8 heteroatoms. The highest BCUT2D eigenvalue weighted by Crippen LogP contribution is 2.38. The number of halogens is 2. The minimum absolute atomic E-state index is 0.0750. The van der Waals surface area contributed by atoms with Crippen LogP contribution in [0.15, 0.2) is 12.1 Å². The van der Waals surface area contributed by atoms with E-state index in [1.807, 2.05) is 6.92 Å². The monoisotopic (exact) mass is 320 g/mol. The lowest BCUT2D eigenvalue weighted by molar-refractivity contribution is -0.386. The molecule has 0 bridgehead atoms. The lowest BCUT2D eigenvalue weighted by Crippen LogP contribution is -2.59. The molecule has 0 aromatic heterocycles. The van der Waals surface area contributed by atoms with Crippen molar-refractivity contribution in [3.63, 3.8) is 0 Å². The first-order chi connectivity index (χ1) is 9.43. The zero-order valence-corrected chi connectivity index (χ0v) is 12.2. The highest BCUT2D eigenvalue weighted by Gasteiger charge is 2.42. The Morgan fingerprint density at radius 1 is 1.45 bits per heavy atom. The van der Waals surface area contributed by atoms with Gasteiger partial charge in [0, 0.05) is 31.2 Å². The van der Waals surface area contributed by atoms with Crippen molar-refractivity contribution < 1.29 is 14.4 Å². The minimum Gasteiger partial charge on any atom is -0.481 e. The average Bonchev–Trinajstić information content (AvgIpc) is 2.39. The Morgan fingerprint density at radius 2 is 2.10 bits per heavy atom. The molecule has 1 saturated carbocycles. The summed E-state index contributed by atoms with van der Waals surface area (Å²) >= 11 is 11.7. The second-order valence-corrected chi connectivity index (χ2v) is 5.28. The fraction of sp³-hybridized carbons (Fsp3) is 0.500. The van der Waals surface area contributed by atoms with E-state index in [-0.39, 0.29) is 39.7 Å². The standard InChI is InChI=1S/C12H14Cl2N2O4/c1-2-19-12-8(15)5-11(12)20-10-4-7(14)6(13)3-9(10)16(17)18/h3-4,8,11-12H,2,5,15H2,1H3. The van der Waals surface area contributed by atoms with Crippen LogP contribution in [0.4, 0.5) is 5.69 Å². The van der Waals surface area contributed by atoms with Gasteiger partial charge in [0.15, 0.2) is 5.75 Å². The van der Waals surface area contributed by atoms with E-state index in [2.05, 4.69) is 0 Å². The molecule has 0 radical (unpaired) electrons. The van der Waals surface area contributed by atoms with Crippen molar-refractivity contribution in [1.29, 1.82) is 0 Å². The number of benzene rings is 1. The largest absolute Gasteiger partial charge is 0.481 e. The highest BCUT2D eigenvalue weighted by molar-refractivity contribution is 6.42. The zero-order valence-electron chi connectivity index (χ0n) is 10.7. The number of hydrogen-bond donors (Lipinski definition) is 1. The molecule has 110 valence electrons. The fourth-order valence-electron chi connectivity index (χ4n) is 2.07. The lowest BCUT2D eigenvalue weighted by atomic mass is 9.86. The number of hydrogen-bond acceptors (Lipinski definition) is 5. The molecule has 0 aliphatic heterocycles. The number of ether oxygens (including phenoxy) is 2. The molecule has 1 aromatic rings. The van der Waals surface area contributed by atoms with Gasteiger partial charge < -0.3 is 15.2 Å². The third-order valence-electron chi connectivity index (χ3n) is 3.13. The van der Waals surface area contributed by atoms with Gasteiger partial charge in [-0.25, -0.2) is 0 Å². The van der Waals surface area contributed by atoms with Crippen LogP contribution in [0.3, 0.4) is 0 Å². The van der Waals surface area contributed by atoms with Gasteiger partial charge >= 0.3 is 5.69 Å². The molecule has 0 amide bonds. The molecule has 0 spiro atoms. The van der Waals surface area contributed by atoms with Crippen LogP contribution < -0.4 is 10.5 Å². The molecule has 1 aromatic carbocycles. The first-order valence-electron chi connectivity index (χ1n) is 6.11. The molecule has 0 saturated heterocycles. The number of nitro groups is 1. The van der Waals surface area contributed by atoms with E-state index in [4.69, 9.17) is 38.4 Å². The quantitative estimate of drug-likeness (QED) is 0.665. The Hall–Kier alpha value is -1.08. The summed E-state index contributed by atoms with van der Waals surface area (Å²) in [5.74, 6) is 0.0750. The number of nitrogens with zero attached hydrogens (tertiary/aromatic N) is 1. The van der Waals surface area contributed by atoms with Crippen LogP contribution in [-0.2, 0) is 4.74 Å². The van der Waals surface area contributed by atoms with Gasteiger partial charge in [0.2, 0.25) is 0 Å². The summed E-state index contributed by atoms with van der Waals surface area (Å²) in [5.41, 5.74) is 5.59. The number of nitro benzene ring substituents is 1. The number of rotatable bonds is 5. The maximum atomic E-state index is 11.0. The molecule has 3 unspecified atom stereocenters. The molecular weight excluding hydrogens is 307 g/mol. The van der Waals surface area contributed by atoms with Gasteiger partial charge in [-0.1, -0.05) is 23.2 Å². The molecule has 3 atom stereocenters.